The van der Waals surface area contributed by atoms with E-state index in [4.69, 9.17) is 4.18 Å². The maximum atomic E-state index is 11.8. The van der Waals surface area contributed by atoms with E-state index in [2.05, 4.69) is 16.6 Å². The van der Waals surface area contributed by atoms with Crippen LogP contribution in [-0.4, -0.2) is 28.1 Å². The number of unbranched alkanes of at least 4 members (excludes halogenated alkanes) is 2. The van der Waals surface area contributed by atoms with E-state index in [0.717, 1.165) is 5.56 Å². The van der Waals surface area contributed by atoms with E-state index in [-0.39, 0.29) is 11.5 Å². The molecule has 21 heavy (non-hydrogen) atoms. The molecule has 0 fully saturated rings. The molecular weight excluding hydrogens is 292 g/mol. The Morgan fingerprint density at radius 1 is 1.19 bits per heavy atom. The normalized spacial score (nSPS) is 10.6. The van der Waals surface area contributed by atoms with Crippen molar-refractivity contribution in [1.29, 1.82) is 0 Å². The van der Waals surface area contributed by atoms with Crippen molar-refractivity contribution in [3.8, 4) is 11.8 Å². The van der Waals surface area contributed by atoms with Gasteiger partial charge in [-0.2, -0.15) is 8.42 Å². The molecule has 0 radical (unpaired) electrons. The van der Waals surface area contributed by atoms with E-state index >= 15 is 0 Å². The third kappa shape index (κ3) is 6.43. The number of benzene rings is 1. The van der Waals surface area contributed by atoms with Crippen LogP contribution in [-0.2, 0) is 23.8 Å². The van der Waals surface area contributed by atoms with Gasteiger partial charge in [-0.3, -0.25) is 4.18 Å². The van der Waals surface area contributed by atoms with Gasteiger partial charge >= 0.3 is 5.97 Å². The molecule has 1 aromatic rings. The quantitative estimate of drug-likeness (QED) is 0.264. The Hall–Kier alpha value is -1.84. The predicted octanol–water partition coefficient (Wildman–Crippen LogP) is 2.05. The van der Waals surface area contributed by atoms with Gasteiger partial charge in [0.05, 0.1) is 18.6 Å². The average Bonchev–Trinajstić information content (AvgIpc) is 2.46. The molecule has 0 atom stereocenters. The van der Waals surface area contributed by atoms with Crippen molar-refractivity contribution in [2.75, 3.05) is 13.7 Å². The standard InChI is InChI=1S/C15H18O5S/c1-13-8-10-14(11-9-13)21(17,18)20-12-6-4-3-5-7-15(16)19-2/h8-11H,3-4,6,12H2,1-2H3. The van der Waals surface area contributed by atoms with Crippen molar-refractivity contribution in [3.63, 3.8) is 0 Å². The highest BCUT2D eigenvalue weighted by atomic mass is 32.2. The van der Waals surface area contributed by atoms with Crippen molar-refractivity contribution in [1.82, 2.24) is 0 Å². The van der Waals surface area contributed by atoms with Gasteiger partial charge in [-0.25, -0.2) is 4.79 Å². The summed E-state index contributed by atoms with van der Waals surface area (Å²) < 4.78 is 33.0. The lowest BCUT2D eigenvalue weighted by molar-refractivity contribution is -0.133. The van der Waals surface area contributed by atoms with Crippen molar-refractivity contribution >= 4 is 16.1 Å². The van der Waals surface area contributed by atoms with E-state index in [1.807, 2.05) is 6.92 Å². The van der Waals surface area contributed by atoms with E-state index in [9.17, 15) is 13.2 Å². The molecule has 0 spiro atoms. The topological polar surface area (TPSA) is 69.7 Å². The van der Waals surface area contributed by atoms with E-state index in [1.54, 1.807) is 12.1 Å². The molecule has 0 heterocycles. The highest BCUT2D eigenvalue weighted by molar-refractivity contribution is 7.86. The van der Waals surface area contributed by atoms with E-state index in [0.29, 0.717) is 19.3 Å². The largest absolute Gasteiger partial charge is 0.459 e. The van der Waals surface area contributed by atoms with Crippen LogP contribution in [0.15, 0.2) is 29.2 Å². The molecule has 0 aliphatic carbocycles. The number of ether oxygens (including phenoxy) is 1. The number of carbonyl (C=O) groups is 1. The van der Waals surface area contributed by atoms with Crippen LogP contribution in [0.2, 0.25) is 0 Å². The molecule has 0 aromatic heterocycles. The monoisotopic (exact) mass is 310 g/mol. The van der Waals surface area contributed by atoms with Crippen molar-refractivity contribution in [2.24, 2.45) is 0 Å². The van der Waals surface area contributed by atoms with Gasteiger partial charge in [0.1, 0.15) is 0 Å². The Labute approximate surface area is 125 Å². The lowest BCUT2D eigenvalue weighted by Crippen LogP contribution is -2.07. The summed E-state index contributed by atoms with van der Waals surface area (Å²) >= 11 is 0. The van der Waals surface area contributed by atoms with E-state index < -0.39 is 16.1 Å². The summed E-state index contributed by atoms with van der Waals surface area (Å²) in [6.07, 6.45) is 1.68. The second-order valence-electron chi connectivity index (χ2n) is 4.34. The number of aryl methyl sites for hydroxylation is 1. The summed E-state index contributed by atoms with van der Waals surface area (Å²) in [6.45, 7) is 1.97. The summed E-state index contributed by atoms with van der Waals surface area (Å²) in [5, 5.41) is 0. The highest BCUT2D eigenvalue weighted by Gasteiger charge is 2.13. The molecule has 0 amide bonds. The van der Waals surface area contributed by atoms with Crippen LogP contribution >= 0.6 is 0 Å². The Balaban J connectivity index is 2.33. The van der Waals surface area contributed by atoms with Crippen LogP contribution in [0.3, 0.4) is 0 Å². The zero-order valence-corrected chi connectivity index (χ0v) is 12.9. The van der Waals surface area contributed by atoms with Gasteiger partial charge in [0.25, 0.3) is 10.1 Å². The Bertz CT molecular complexity index is 620. The Morgan fingerprint density at radius 3 is 2.48 bits per heavy atom. The minimum Gasteiger partial charge on any atom is -0.459 e. The Morgan fingerprint density at radius 2 is 1.86 bits per heavy atom. The molecule has 0 unspecified atom stereocenters. The molecule has 6 heteroatoms. The van der Waals surface area contributed by atoms with Crippen LogP contribution in [0.25, 0.3) is 0 Å². The third-order valence-electron chi connectivity index (χ3n) is 2.62. The maximum absolute atomic E-state index is 11.8. The fraction of sp³-hybridized carbons (Fsp3) is 0.400. The second-order valence-corrected chi connectivity index (χ2v) is 5.95. The molecule has 0 saturated heterocycles. The first kappa shape index (κ1) is 17.2. The first-order valence-electron chi connectivity index (χ1n) is 6.48. The molecule has 1 aromatic carbocycles. The van der Waals surface area contributed by atoms with Gasteiger partial charge in [-0.05, 0) is 31.9 Å². The molecule has 114 valence electrons. The molecule has 0 aliphatic heterocycles. The maximum Gasteiger partial charge on any atom is 0.384 e. The van der Waals surface area contributed by atoms with Crippen LogP contribution in [0, 0.1) is 18.8 Å². The lowest BCUT2D eigenvalue weighted by Gasteiger charge is -2.05. The number of rotatable bonds is 6. The fourth-order valence-corrected chi connectivity index (χ4v) is 2.39. The van der Waals surface area contributed by atoms with Crippen molar-refractivity contribution in [3.05, 3.63) is 29.8 Å². The highest BCUT2D eigenvalue weighted by Crippen LogP contribution is 2.13. The SMILES string of the molecule is COC(=O)C#CCCCCOS(=O)(=O)c1ccc(C)cc1. The van der Waals surface area contributed by atoms with Gasteiger partial charge in [0, 0.05) is 12.3 Å². The summed E-state index contributed by atoms with van der Waals surface area (Å²) in [5.74, 6) is 4.37. The van der Waals surface area contributed by atoms with Crippen molar-refractivity contribution < 1.29 is 22.1 Å². The summed E-state index contributed by atoms with van der Waals surface area (Å²) in [6, 6.07) is 6.48. The smallest absolute Gasteiger partial charge is 0.384 e. The molecule has 0 N–H and O–H groups in total. The third-order valence-corrected chi connectivity index (χ3v) is 3.95. The number of hydrogen-bond acceptors (Lipinski definition) is 5. The van der Waals surface area contributed by atoms with Gasteiger partial charge in [-0.1, -0.05) is 23.6 Å². The number of esters is 1. The van der Waals surface area contributed by atoms with Gasteiger partial charge in [0.2, 0.25) is 0 Å². The lowest BCUT2D eigenvalue weighted by atomic mass is 10.2. The number of hydrogen-bond donors (Lipinski definition) is 0. The summed E-state index contributed by atoms with van der Waals surface area (Å²) in [4.78, 5) is 10.9. The van der Waals surface area contributed by atoms with Crippen LogP contribution in [0.4, 0.5) is 0 Å². The minimum absolute atomic E-state index is 0.0934. The van der Waals surface area contributed by atoms with Gasteiger partial charge in [0.15, 0.2) is 0 Å². The predicted molar refractivity (Wildman–Crippen MR) is 78.0 cm³/mol. The summed E-state index contributed by atoms with van der Waals surface area (Å²) in [7, 11) is -2.43. The second kappa shape index (κ2) is 8.45. The number of methoxy groups -OCH3 is 1. The average molecular weight is 310 g/mol. The van der Waals surface area contributed by atoms with Gasteiger partial charge in [-0.15, -0.1) is 0 Å². The zero-order valence-electron chi connectivity index (χ0n) is 12.1. The molecule has 0 bridgehead atoms. The first-order valence-corrected chi connectivity index (χ1v) is 7.89. The van der Waals surface area contributed by atoms with Gasteiger partial charge < -0.3 is 4.74 Å². The molecule has 0 saturated carbocycles. The zero-order chi connectivity index (χ0) is 15.7. The van der Waals surface area contributed by atoms with Crippen molar-refractivity contribution in [2.45, 2.75) is 31.1 Å². The van der Waals surface area contributed by atoms with Crippen LogP contribution < -0.4 is 0 Å². The minimum atomic E-state index is -3.70. The fourth-order valence-electron chi connectivity index (χ4n) is 1.44. The molecule has 0 aliphatic rings. The van der Waals surface area contributed by atoms with E-state index in [1.165, 1.54) is 19.2 Å². The Kier molecular flexibility index (Phi) is 6.92. The molecular formula is C15H18O5S. The molecule has 1 rings (SSSR count). The molecule has 5 nitrogen and oxygen atoms in total. The number of carbonyl (C=O) groups excluding carboxylic acids is 1. The van der Waals surface area contributed by atoms with Crippen LogP contribution in [0.5, 0.6) is 0 Å². The summed E-state index contributed by atoms with van der Waals surface area (Å²) in [5.41, 5.74) is 0.984. The van der Waals surface area contributed by atoms with Crippen LogP contribution in [0.1, 0.15) is 24.8 Å². The first-order chi connectivity index (χ1) is 9.95.